The third-order valence-corrected chi connectivity index (χ3v) is 7.14. The number of amides is 2. The molecule has 1 N–H and O–H groups in total. The number of hydrogen-bond donors (Lipinski definition) is 1. The molecule has 200 valence electrons. The number of rotatable bonds is 11. The number of benzene rings is 2. The van der Waals surface area contributed by atoms with Gasteiger partial charge in [-0.1, -0.05) is 18.6 Å². The lowest BCUT2D eigenvalue weighted by Crippen LogP contribution is -2.39. The van der Waals surface area contributed by atoms with E-state index in [2.05, 4.69) is 10.2 Å². The summed E-state index contributed by atoms with van der Waals surface area (Å²) in [6.45, 7) is 5.06. The Balaban J connectivity index is 1.36. The van der Waals surface area contributed by atoms with Gasteiger partial charge >= 0.3 is 0 Å². The third-order valence-electron chi connectivity index (χ3n) is 7.14. The number of ether oxygens (including phenoxy) is 3. The Morgan fingerprint density at radius 1 is 0.946 bits per heavy atom. The van der Waals surface area contributed by atoms with Crippen LogP contribution < -0.4 is 19.5 Å². The fourth-order valence-corrected chi connectivity index (χ4v) is 5.03. The molecule has 2 aromatic carbocycles. The third kappa shape index (κ3) is 7.38. The Bertz CT molecular complexity index is 1040. The molecule has 0 spiro atoms. The zero-order chi connectivity index (χ0) is 26.0. The molecule has 2 aromatic rings. The number of anilines is 1. The largest absolute Gasteiger partial charge is 0.497 e. The normalized spacial score (nSPS) is 18.4. The number of hydrogen-bond acceptors (Lipinski definition) is 6. The van der Waals surface area contributed by atoms with Crippen molar-refractivity contribution in [1.82, 2.24) is 9.80 Å². The van der Waals surface area contributed by atoms with Crippen LogP contribution in [0.5, 0.6) is 17.2 Å². The highest BCUT2D eigenvalue weighted by atomic mass is 16.5. The molecule has 0 radical (unpaired) electrons. The van der Waals surface area contributed by atoms with Crippen molar-refractivity contribution in [3.63, 3.8) is 0 Å². The number of nitrogens with one attached hydrogen (secondary N) is 1. The van der Waals surface area contributed by atoms with Gasteiger partial charge < -0.3 is 29.3 Å². The standard InChI is InChI=1S/C29H39N3O5/c1-35-24-12-9-22(10-13-24)21-32-18-4-3-8-25(29(32)34)28(33)30-23-11-14-26(36-2)27(20-23)37-19-7-17-31-15-5-6-16-31/h9-14,20,25H,3-8,15-19,21H2,1-2H3,(H,30,33). The number of carbonyl (C=O) groups is 2. The predicted molar refractivity (Wildman–Crippen MR) is 143 cm³/mol. The molecule has 8 nitrogen and oxygen atoms in total. The number of nitrogens with zero attached hydrogens (tertiary/aromatic N) is 2. The van der Waals surface area contributed by atoms with Crippen molar-refractivity contribution in [3.05, 3.63) is 48.0 Å². The summed E-state index contributed by atoms with van der Waals surface area (Å²) in [6.07, 6.45) is 5.74. The second-order valence-corrected chi connectivity index (χ2v) is 9.76. The number of methoxy groups -OCH3 is 2. The van der Waals surface area contributed by atoms with Crippen LogP contribution in [0.2, 0.25) is 0 Å². The van der Waals surface area contributed by atoms with Gasteiger partial charge in [0.25, 0.3) is 0 Å². The van der Waals surface area contributed by atoms with Crippen molar-refractivity contribution >= 4 is 17.5 Å². The Morgan fingerprint density at radius 2 is 1.70 bits per heavy atom. The quantitative estimate of drug-likeness (QED) is 0.359. The Morgan fingerprint density at radius 3 is 2.43 bits per heavy atom. The van der Waals surface area contributed by atoms with Crippen molar-refractivity contribution < 1.29 is 23.8 Å². The van der Waals surface area contributed by atoms with Gasteiger partial charge in [-0.25, -0.2) is 0 Å². The molecule has 0 saturated carbocycles. The summed E-state index contributed by atoms with van der Waals surface area (Å²) in [6, 6.07) is 13.0. The zero-order valence-corrected chi connectivity index (χ0v) is 22.0. The van der Waals surface area contributed by atoms with Gasteiger partial charge in [-0.3, -0.25) is 9.59 Å². The lowest BCUT2D eigenvalue weighted by Gasteiger charge is -2.24. The van der Waals surface area contributed by atoms with E-state index in [1.807, 2.05) is 24.3 Å². The van der Waals surface area contributed by atoms with E-state index in [0.29, 0.717) is 43.3 Å². The van der Waals surface area contributed by atoms with Crippen molar-refractivity contribution in [2.24, 2.45) is 5.92 Å². The molecule has 1 atom stereocenters. The van der Waals surface area contributed by atoms with Crippen LogP contribution in [-0.4, -0.2) is 68.6 Å². The van der Waals surface area contributed by atoms with Crippen LogP contribution in [0.1, 0.15) is 44.1 Å². The van der Waals surface area contributed by atoms with Gasteiger partial charge in [-0.15, -0.1) is 0 Å². The molecule has 8 heteroatoms. The van der Waals surface area contributed by atoms with Crippen LogP contribution in [0.4, 0.5) is 5.69 Å². The molecular weight excluding hydrogens is 470 g/mol. The van der Waals surface area contributed by atoms with Crippen LogP contribution >= 0.6 is 0 Å². The van der Waals surface area contributed by atoms with E-state index in [9.17, 15) is 9.59 Å². The van der Waals surface area contributed by atoms with Crippen LogP contribution in [-0.2, 0) is 16.1 Å². The molecule has 0 bridgehead atoms. The molecule has 0 aliphatic carbocycles. The summed E-state index contributed by atoms with van der Waals surface area (Å²) in [5.41, 5.74) is 1.61. The van der Waals surface area contributed by atoms with Crippen molar-refractivity contribution in [2.75, 3.05) is 52.3 Å². The topological polar surface area (TPSA) is 80.3 Å². The molecule has 1 unspecified atom stereocenters. The Kier molecular flexibility index (Phi) is 9.65. The molecule has 0 aromatic heterocycles. The highest BCUT2D eigenvalue weighted by Crippen LogP contribution is 2.31. The van der Waals surface area contributed by atoms with Crippen LogP contribution in [0, 0.1) is 5.92 Å². The van der Waals surface area contributed by atoms with Gasteiger partial charge in [-0.2, -0.15) is 0 Å². The maximum Gasteiger partial charge on any atom is 0.236 e. The highest BCUT2D eigenvalue weighted by Gasteiger charge is 2.32. The van der Waals surface area contributed by atoms with Crippen molar-refractivity contribution in [2.45, 2.75) is 45.1 Å². The first kappa shape index (κ1) is 26.8. The number of carbonyl (C=O) groups excluding carboxylic acids is 2. The van der Waals surface area contributed by atoms with E-state index in [1.165, 1.54) is 25.9 Å². The van der Waals surface area contributed by atoms with E-state index >= 15 is 0 Å². The van der Waals surface area contributed by atoms with Gasteiger partial charge in [0.2, 0.25) is 11.8 Å². The molecule has 2 aliphatic heterocycles. The van der Waals surface area contributed by atoms with E-state index in [-0.39, 0.29) is 11.8 Å². The number of likely N-dealkylation sites (tertiary alicyclic amines) is 2. The zero-order valence-electron chi connectivity index (χ0n) is 22.0. The minimum Gasteiger partial charge on any atom is -0.497 e. The van der Waals surface area contributed by atoms with E-state index in [4.69, 9.17) is 14.2 Å². The molecule has 2 fully saturated rings. The van der Waals surface area contributed by atoms with Crippen molar-refractivity contribution in [1.29, 1.82) is 0 Å². The Hall–Kier alpha value is -3.26. The van der Waals surface area contributed by atoms with E-state index in [1.54, 1.807) is 37.3 Å². The summed E-state index contributed by atoms with van der Waals surface area (Å²) >= 11 is 0. The lowest BCUT2D eigenvalue weighted by atomic mass is 10.0. The monoisotopic (exact) mass is 509 g/mol. The second-order valence-electron chi connectivity index (χ2n) is 9.76. The molecular formula is C29H39N3O5. The van der Waals surface area contributed by atoms with E-state index < -0.39 is 5.92 Å². The van der Waals surface area contributed by atoms with Crippen LogP contribution in [0.15, 0.2) is 42.5 Å². The van der Waals surface area contributed by atoms with Gasteiger partial charge in [0.05, 0.1) is 20.8 Å². The second kappa shape index (κ2) is 13.3. The molecule has 2 amide bonds. The SMILES string of the molecule is COc1ccc(CN2CCCCC(C(=O)Nc3ccc(OC)c(OCCCN4CCCC4)c3)C2=O)cc1. The minimum absolute atomic E-state index is 0.127. The predicted octanol–water partition coefficient (Wildman–Crippen LogP) is 4.34. The smallest absolute Gasteiger partial charge is 0.236 e. The fourth-order valence-electron chi connectivity index (χ4n) is 5.03. The summed E-state index contributed by atoms with van der Waals surface area (Å²) < 4.78 is 16.7. The highest BCUT2D eigenvalue weighted by molar-refractivity contribution is 6.06. The fraction of sp³-hybridized carbons (Fsp3) is 0.517. The maximum atomic E-state index is 13.3. The molecule has 4 rings (SSSR count). The molecule has 37 heavy (non-hydrogen) atoms. The van der Waals surface area contributed by atoms with Gasteiger partial charge in [0, 0.05) is 31.4 Å². The van der Waals surface area contributed by atoms with E-state index in [0.717, 1.165) is 37.1 Å². The van der Waals surface area contributed by atoms with Crippen molar-refractivity contribution in [3.8, 4) is 17.2 Å². The first-order chi connectivity index (χ1) is 18.1. The molecule has 2 saturated heterocycles. The van der Waals surface area contributed by atoms with Gasteiger partial charge in [0.15, 0.2) is 11.5 Å². The van der Waals surface area contributed by atoms with Crippen LogP contribution in [0.25, 0.3) is 0 Å². The minimum atomic E-state index is -0.715. The maximum absolute atomic E-state index is 13.3. The van der Waals surface area contributed by atoms with Crippen LogP contribution in [0.3, 0.4) is 0 Å². The summed E-state index contributed by atoms with van der Waals surface area (Å²) in [5, 5.41) is 2.95. The lowest BCUT2D eigenvalue weighted by molar-refractivity contribution is -0.140. The average Bonchev–Trinajstić information content (AvgIpc) is 3.37. The molecule has 2 aliphatic rings. The Labute approximate surface area is 219 Å². The van der Waals surface area contributed by atoms with Gasteiger partial charge in [-0.05, 0) is 75.0 Å². The first-order valence-corrected chi connectivity index (χ1v) is 13.3. The summed E-state index contributed by atoms with van der Waals surface area (Å²) in [7, 11) is 3.23. The summed E-state index contributed by atoms with van der Waals surface area (Å²) in [5.74, 6) is 0.866. The first-order valence-electron chi connectivity index (χ1n) is 13.3. The summed E-state index contributed by atoms with van der Waals surface area (Å²) in [4.78, 5) is 30.8. The average molecular weight is 510 g/mol. The van der Waals surface area contributed by atoms with Gasteiger partial charge in [0.1, 0.15) is 11.7 Å². The molecule has 2 heterocycles.